The van der Waals surface area contributed by atoms with Crippen LogP contribution in [0.1, 0.15) is 42.4 Å². The van der Waals surface area contributed by atoms with Crippen molar-refractivity contribution in [3.63, 3.8) is 0 Å². The second kappa shape index (κ2) is 10.2. The topological polar surface area (TPSA) is 94.3 Å². The van der Waals surface area contributed by atoms with Crippen molar-refractivity contribution in [2.75, 3.05) is 11.9 Å². The van der Waals surface area contributed by atoms with Gasteiger partial charge in [-0.15, -0.1) is 0 Å². The molecule has 29 heavy (non-hydrogen) atoms. The standard InChI is InChI=1S/C22H23N3O4/c1-2-3-15-28-22(27)17-9-11-18(12-10-17)23-19(26)13-14-20-24-21(25-29-20)16-7-5-4-6-8-16/h4-12H,2-3,13-15H2,1H3,(H,23,26). The molecule has 0 fully saturated rings. The molecule has 0 unspecified atom stereocenters. The number of nitrogens with zero attached hydrogens (tertiary/aromatic N) is 2. The molecule has 1 amide bonds. The summed E-state index contributed by atoms with van der Waals surface area (Å²) in [6.07, 6.45) is 2.35. The van der Waals surface area contributed by atoms with Gasteiger partial charge in [-0.05, 0) is 30.7 Å². The highest BCUT2D eigenvalue weighted by Gasteiger charge is 2.11. The van der Waals surface area contributed by atoms with Crippen LogP contribution in [0.4, 0.5) is 5.69 Å². The van der Waals surface area contributed by atoms with Crippen molar-refractivity contribution < 1.29 is 18.8 Å². The minimum absolute atomic E-state index is 0.178. The van der Waals surface area contributed by atoms with Crippen LogP contribution in [-0.4, -0.2) is 28.6 Å². The van der Waals surface area contributed by atoms with E-state index in [1.165, 1.54) is 0 Å². The van der Waals surface area contributed by atoms with Crippen LogP contribution >= 0.6 is 0 Å². The van der Waals surface area contributed by atoms with Crippen molar-refractivity contribution in [2.24, 2.45) is 0 Å². The van der Waals surface area contributed by atoms with Gasteiger partial charge in [0.05, 0.1) is 12.2 Å². The average Bonchev–Trinajstić information content (AvgIpc) is 3.23. The highest BCUT2D eigenvalue weighted by molar-refractivity contribution is 5.93. The van der Waals surface area contributed by atoms with Crippen LogP contribution in [0.5, 0.6) is 0 Å². The van der Waals surface area contributed by atoms with Gasteiger partial charge >= 0.3 is 5.97 Å². The van der Waals surface area contributed by atoms with Crippen molar-refractivity contribution >= 4 is 17.6 Å². The molecule has 0 aliphatic rings. The molecule has 3 rings (SSSR count). The number of aromatic nitrogens is 2. The number of carbonyl (C=O) groups excluding carboxylic acids is 2. The minimum atomic E-state index is -0.359. The van der Waals surface area contributed by atoms with E-state index in [4.69, 9.17) is 9.26 Å². The van der Waals surface area contributed by atoms with Crippen LogP contribution in [0.2, 0.25) is 0 Å². The fourth-order valence-electron chi connectivity index (χ4n) is 2.59. The van der Waals surface area contributed by atoms with Crippen LogP contribution < -0.4 is 5.32 Å². The maximum Gasteiger partial charge on any atom is 0.338 e. The lowest BCUT2D eigenvalue weighted by Crippen LogP contribution is -2.13. The van der Waals surface area contributed by atoms with Crippen molar-refractivity contribution in [1.29, 1.82) is 0 Å². The summed E-state index contributed by atoms with van der Waals surface area (Å²) < 4.78 is 10.4. The van der Waals surface area contributed by atoms with E-state index in [1.807, 2.05) is 37.3 Å². The second-order valence-corrected chi connectivity index (χ2v) is 6.49. The molecule has 7 heteroatoms. The van der Waals surface area contributed by atoms with Crippen LogP contribution in [0.15, 0.2) is 59.1 Å². The van der Waals surface area contributed by atoms with Crippen LogP contribution in [0.25, 0.3) is 11.4 Å². The van der Waals surface area contributed by atoms with E-state index in [0.717, 1.165) is 18.4 Å². The number of esters is 1. The number of ether oxygens (including phenoxy) is 1. The van der Waals surface area contributed by atoms with Crippen molar-refractivity contribution in [3.8, 4) is 11.4 Å². The normalized spacial score (nSPS) is 10.5. The maximum atomic E-state index is 12.2. The summed E-state index contributed by atoms with van der Waals surface area (Å²) in [5, 5.41) is 6.73. The fourth-order valence-corrected chi connectivity index (χ4v) is 2.59. The molecule has 0 saturated heterocycles. The van der Waals surface area contributed by atoms with Gasteiger partial charge in [-0.2, -0.15) is 4.98 Å². The number of hydrogen-bond acceptors (Lipinski definition) is 6. The lowest BCUT2D eigenvalue weighted by molar-refractivity contribution is -0.116. The summed E-state index contributed by atoms with van der Waals surface area (Å²) >= 11 is 0. The Morgan fingerprint density at radius 1 is 1.07 bits per heavy atom. The Hall–Kier alpha value is -3.48. The number of anilines is 1. The number of carbonyl (C=O) groups is 2. The first-order chi connectivity index (χ1) is 14.2. The largest absolute Gasteiger partial charge is 0.462 e. The molecule has 7 nitrogen and oxygen atoms in total. The number of unbranched alkanes of at least 4 members (excludes halogenated alkanes) is 1. The van der Waals surface area contributed by atoms with Gasteiger partial charge < -0.3 is 14.6 Å². The van der Waals surface area contributed by atoms with E-state index in [0.29, 0.717) is 36.0 Å². The molecule has 1 N–H and O–H groups in total. The predicted octanol–water partition coefficient (Wildman–Crippen LogP) is 4.26. The third-order valence-corrected chi connectivity index (χ3v) is 4.20. The molecular formula is C22H23N3O4. The molecule has 3 aromatic rings. The van der Waals surface area contributed by atoms with Gasteiger partial charge in [-0.1, -0.05) is 48.8 Å². The smallest absolute Gasteiger partial charge is 0.338 e. The van der Waals surface area contributed by atoms with Crippen LogP contribution in [0.3, 0.4) is 0 Å². The lowest BCUT2D eigenvalue weighted by atomic mass is 10.2. The number of hydrogen-bond donors (Lipinski definition) is 1. The van der Waals surface area contributed by atoms with Crippen molar-refractivity contribution in [1.82, 2.24) is 10.1 Å². The van der Waals surface area contributed by atoms with Crippen LogP contribution in [-0.2, 0) is 16.0 Å². The Morgan fingerprint density at radius 2 is 1.83 bits per heavy atom. The quantitative estimate of drug-likeness (QED) is 0.431. The molecule has 0 aliphatic carbocycles. The molecular weight excluding hydrogens is 370 g/mol. The Balaban J connectivity index is 1.47. The van der Waals surface area contributed by atoms with E-state index in [9.17, 15) is 9.59 Å². The van der Waals surface area contributed by atoms with E-state index in [2.05, 4.69) is 15.5 Å². The van der Waals surface area contributed by atoms with Gasteiger partial charge in [-0.3, -0.25) is 4.79 Å². The molecule has 0 aliphatic heterocycles. The number of benzene rings is 2. The molecule has 0 radical (unpaired) electrons. The molecule has 150 valence electrons. The maximum absolute atomic E-state index is 12.2. The highest BCUT2D eigenvalue weighted by atomic mass is 16.5. The van der Waals surface area contributed by atoms with Gasteiger partial charge in [0.2, 0.25) is 17.6 Å². The number of nitrogens with one attached hydrogen (secondary N) is 1. The van der Waals surface area contributed by atoms with E-state index in [-0.39, 0.29) is 18.3 Å². The Kier molecular flexibility index (Phi) is 7.10. The summed E-state index contributed by atoms with van der Waals surface area (Å²) in [5.74, 6) is 0.372. The molecule has 0 atom stereocenters. The van der Waals surface area contributed by atoms with Crippen molar-refractivity contribution in [2.45, 2.75) is 32.6 Å². The molecule has 1 heterocycles. The summed E-state index contributed by atoms with van der Waals surface area (Å²) in [4.78, 5) is 28.4. The first-order valence-electron chi connectivity index (χ1n) is 9.60. The second-order valence-electron chi connectivity index (χ2n) is 6.49. The monoisotopic (exact) mass is 393 g/mol. The van der Waals surface area contributed by atoms with Gasteiger partial charge in [0.25, 0.3) is 0 Å². The van der Waals surface area contributed by atoms with Crippen LogP contribution in [0, 0.1) is 0 Å². The Labute approximate surface area is 169 Å². The molecule has 2 aromatic carbocycles. The first kappa shape index (κ1) is 20.3. The highest BCUT2D eigenvalue weighted by Crippen LogP contribution is 2.16. The van der Waals surface area contributed by atoms with E-state index in [1.54, 1.807) is 24.3 Å². The predicted molar refractivity (Wildman–Crippen MR) is 108 cm³/mol. The Morgan fingerprint density at radius 3 is 2.55 bits per heavy atom. The van der Waals surface area contributed by atoms with E-state index < -0.39 is 0 Å². The Bertz CT molecular complexity index is 936. The third-order valence-electron chi connectivity index (χ3n) is 4.20. The first-order valence-corrected chi connectivity index (χ1v) is 9.60. The van der Waals surface area contributed by atoms with E-state index >= 15 is 0 Å². The summed E-state index contributed by atoms with van der Waals surface area (Å²) in [7, 11) is 0. The summed E-state index contributed by atoms with van der Waals surface area (Å²) in [6.45, 7) is 2.45. The molecule has 0 bridgehead atoms. The minimum Gasteiger partial charge on any atom is -0.462 e. The number of aryl methyl sites for hydroxylation is 1. The summed E-state index contributed by atoms with van der Waals surface area (Å²) in [6, 6.07) is 16.1. The zero-order valence-electron chi connectivity index (χ0n) is 16.3. The summed E-state index contributed by atoms with van der Waals surface area (Å²) in [5.41, 5.74) is 1.93. The molecule has 1 aromatic heterocycles. The SMILES string of the molecule is CCCCOC(=O)c1ccc(NC(=O)CCc2nc(-c3ccccc3)no2)cc1. The van der Waals surface area contributed by atoms with Gasteiger partial charge in [0, 0.05) is 24.1 Å². The zero-order valence-corrected chi connectivity index (χ0v) is 16.3. The van der Waals surface area contributed by atoms with Gasteiger partial charge in [0.1, 0.15) is 0 Å². The van der Waals surface area contributed by atoms with Crippen molar-refractivity contribution in [3.05, 3.63) is 66.1 Å². The fraction of sp³-hybridized carbons (Fsp3) is 0.273. The van der Waals surface area contributed by atoms with Gasteiger partial charge in [0.15, 0.2) is 0 Å². The van der Waals surface area contributed by atoms with Gasteiger partial charge in [-0.25, -0.2) is 4.79 Å². The molecule has 0 saturated carbocycles. The average molecular weight is 393 g/mol. The lowest BCUT2D eigenvalue weighted by Gasteiger charge is -2.06. The number of rotatable bonds is 9. The zero-order chi connectivity index (χ0) is 20.5. The number of amides is 1. The molecule has 0 spiro atoms. The third kappa shape index (κ3) is 6.00.